The van der Waals surface area contributed by atoms with Crippen LogP contribution in [0.3, 0.4) is 0 Å². The molecule has 0 spiro atoms. The highest BCUT2D eigenvalue weighted by molar-refractivity contribution is 9.10. The van der Waals surface area contributed by atoms with Crippen molar-refractivity contribution >= 4 is 56.2 Å². The molecule has 1 unspecified atom stereocenters. The van der Waals surface area contributed by atoms with Crippen LogP contribution in [0.4, 0.5) is 5.82 Å². The van der Waals surface area contributed by atoms with Crippen molar-refractivity contribution in [3.8, 4) is 11.1 Å². The third-order valence-corrected chi connectivity index (χ3v) is 9.97. The quantitative estimate of drug-likeness (QED) is 0.0912. The van der Waals surface area contributed by atoms with Gasteiger partial charge >= 0.3 is 0 Å². The number of anilines is 1. The van der Waals surface area contributed by atoms with E-state index in [9.17, 15) is 19.2 Å². The number of aryl methyl sites for hydroxylation is 2. The van der Waals surface area contributed by atoms with E-state index in [0.717, 1.165) is 23.1 Å². The zero-order valence-electron chi connectivity index (χ0n) is 29.6. The minimum absolute atomic E-state index is 0.0505. The molecule has 4 aromatic rings. The van der Waals surface area contributed by atoms with Crippen LogP contribution in [-0.4, -0.2) is 98.2 Å². The number of nitrogens with one attached hydrogen (secondary N) is 2. The Hall–Kier alpha value is -4.64. The molecule has 4 heterocycles. The second-order valence-electron chi connectivity index (χ2n) is 13.6. The third-order valence-electron chi connectivity index (χ3n) is 9.53. The van der Waals surface area contributed by atoms with E-state index in [4.69, 9.17) is 15.2 Å². The number of piperidine rings is 1. The van der Waals surface area contributed by atoms with Gasteiger partial charge in [-0.2, -0.15) is 5.10 Å². The second kappa shape index (κ2) is 15.5. The number of nitrogens with two attached hydrogens (primary N) is 1. The minimum Gasteiger partial charge on any atom is -0.378 e. The molecule has 274 valence electrons. The van der Waals surface area contributed by atoms with Crippen LogP contribution in [0.5, 0.6) is 0 Å². The van der Waals surface area contributed by atoms with E-state index in [1.807, 2.05) is 32.0 Å². The molecule has 1 saturated heterocycles. The summed E-state index contributed by atoms with van der Waals surface area (Å²) < 4.78 is 12.7. The lowest BCUT2D eigenvalue weighted by molar-refractivity contribution is -0.138. The van der Waals surface area contributed by atoms with E-state index in [2.05, 4.69) is 53.5 Å². The van der Waals surface area contributed by atoms with Crippen molar-refractivity contribution < 1.29 is 28.7 Å². The summed E-state index contributed by atoms with van der Waals surface area (Å²) in [5, 5.41) is 10.9. The largest absolute Gasteiger partial charge is 0.378 e. The molecule has 6 rings (SSSR count). The predicted octanol–water partition coefficient (Wildman–Crippen LogP) is 3.10. The maximum atomic E-state index is 14.1. The Labute approximate surface area is 309 Å². The average Bonchev–Trinajstić information content (AvgIpc) is 3.46. The molecule has 1 saturated carbocycles. The lowest BCUT2D eigenvalue weighted by Gasteiger charge is -2.27. The van der Waals surface area contributed by atoms with Crippen molar-refractivity contribution in [3.05, 3.63) is 63.9 Å². The highest BCUT2D eigenvalue weighted by atomic mass is 79.9. The molecule has 3 aromatic heterocycles. The molecule has 3 atom stereocenters. The van der Waals surface area contributed by atoms with Crippen LogP contribution in [-0.2, 0) is 36.9 Å². The lowest BCUT2D eigenvalue weighted by atomic mass is 10.0. The van der Waals surface area contributed by atoms with Crippen LogP contribution in [0.2, 0.25) is 0 Å². The molecule has 4 N–H and O–H groups in total. The summed E-state index contributed by atoms with van der Waals surface area (Å²) in [5.41, 5.74) is 9.21. The van der Waals surface area contributed by atoms with E-state index in [-0.39, 0.29) is 67.0 Å². The number of carbonyl (C=O) groups excluding carboxylic acids is 4. The molecule has 16 heteroatoms. The van der Waals surface area contributed by atoms with Gasteiger partial charge in [0.1, 0.15) is 41.1 Å². The minimum atomic E-state index is -0.658. The topological polar surface area (TPSA) is 197 Å². The highest BCUT2D eigenvalue weighted by Crippen LogP contribution is 2.59. The van der Waals surface area contributed by atoms with Crippen LogP contribution in [0.1, 0.15) is 54.1 Å². The van der Waals surface area contributed by atoms with E-state index in [0.29, 0.717) is 58.9 Å². The highest BCUT2D eigenvalue weighted by Gasteiger charge is 2.64. The number of fused-ring (bicyclic) bond motifs is 2. The Kier molecular flexibility index (Phi) is 11.1. The molecule has 0 bridgehead atoms. The second-order valence-corrected chi connectivity index (χ2v) is 14.4. The Morgan fingerprint density at radius 2 is 1.77 bits per heavy atom. The number of aromatic nitrogens is 5. The fourth-order valence-corrected chi connectivity index (χ4v) is 7.07. The first kappa shape index (κ1) is 37.1. The molecule has 2 aliphatic rings. The normalized spacial score (nSPS) is 19.1. The van der Waals surface area contributed by atoms with E-state index in [1.54, 1.807) is 28.0 Å². The summed E-state index contributed by atoms with van der Waals surface area (Å²) in [4.78, 5) is 67.5. The van der Waals surface area contributed by atoms with Gasteiger partial charge in [0.2, 0.25) is 17.7 Å². The average molecular weight is 777 g/mol. The number of amides is 3. The van der Waals surface area contributed by atoms with Gasteiger partial charge in [-0.05, 0) is 82.9 Å². The Morgan fingerprint density at radius 1 is 1.02 bits per heavy atom. The summed E-state index contributed by atoms with van der Waals surface area (Å²) in [6.07, 6.45) is 4.68. The van der Waals surface area contributed by atoms with Crippen LogP contribution in [0.15, 0.2) is 41.3 Å². The molecule has 15 nitrogen and oxygen atoms in total. The maximum Gasteiger partial charge on any atom is 0.248 e. The third kappa shape index (κ3) is 8.04. The van der Waals surface area contributed by atoms with Crippen molar-refractivity contribution in [2.24, 2.45) is 11.1 Å². The van der Waals surface area contributed by atoms with Gasteiger partial charge in [-0.15, -0.1) is 0 Å². The van der Waals surface area contributed by atoms with Crippen LogP contribution < -0.4 is 16.4 Å². The number of nitrogens with zero attached hydrogens (tertiary/aromatic N) is 6. The number of halogens is 1. The summed E-state index contributed by atoms with van der Waals surface area (Å²) >= 11 is 3.36. The standard InChI is InChI=1S/C36H42BrN9O6/c1-20-5-6-28(37)42-34(20)43-35(50)26-13-36(4)14-27(36)46(26)31(49)18-45-33-21(2)11-23(12-25(33)32(44-45)22(3)47)24-15-39-29(40-16-24)17-41-30(48)19-52-10-9-51-8-7-38/h5-6,11-12,15-16,26-27H,7-10,13-14,17-19,38H2,1-4H3,(H,41,48)(H,42,43,50)/t26-,27?,36-/m0/s1. The number of pyridine rings is 1. The number of ketones is 1. The maximum absolute atomic E-state index is 14.1. The number of Topliss-reactive ketones (excluding diaryl/α,β-unsaturated/α-hetero) is 1. The first-order valence-electron chi connectivity index (χ1n) is 17.1. The van der Waals surface area contributed by atoms with Crippen LogP contribution in [0, 0.1) is 19.3 Å². The molecular formula is C36H42BrN9O6. The predicted molar refractivity (Wildman–Crippen MR) is 195 cm³/mol. The fourth-order valence-electron chi connectivity index (χ4n) is 6.76. The monoisotopic (exact) mass is 775 g/mol. The van der Waals surface area contributed by atoms with Crippen molar-refractivity contribution in [1.82, 2.24) is 34.9 Å². The Morgan fingerprint density at radius 3 is 2.50 bits per heavy atom. The van der Waals surface area contributed by atoms with Gasteiger partial charge in [-0.25, -0.2) is 15.0 Å². The number of hydrogen-bond acceptors (Lipinski definition) is 11. The summed E-state index contributed by atoms with van der Waals surface area (Å²) in [6.45, 7) is 8.69. The Bertz CT molecular complexity index is 2020. The first-order chi connectivity index (χ1) is 24.9. The molecule has 1 aliphatic carbocycles. The molecular weight excluding hydrogens is 734 g/mol. The number of rotatable bonds is 15. The molecule has 3 amide bonds. The summed E-state index contributed by atoms with van der Waals surface area (Å²) in [5.74, 6) is -0.208. The van der Waals surface area contributed by atoms with Crippen molar-refractivity contribution in [2.75, 3.05) is 38.3 Å². The number of benzene rings is 1. The zero-order valence-corrected chi connectivity index (χ0v) is 31.2. The molecule has 0 radical (unpaired) electrons. The number of likely N-dealkylation sites (tertiary alicyclic amines) is 1. The molecule has 1 aliphatic heterocycles. The smallest absolute Gasteiger partial charge is 0.248 e. The van der Waals surface area contributed by atoms with Gasteiger partial charge in [-0.1, -0.05) is 13.0 Å². The van der Waals surface area contributed by atoms with Crippen LogP contribution in [0.25, 0.3) is 22.0 Å². The van der Waals surface area contributed by atoms with Gasteiger partial charge in [0.25, 0.3) is 0 Å². The van der Waals surface area contributed by atoms with Crippen LogP contribution >= 0.6 is 15.9 Å². The van der Waals surface area contributed by atoms with Gasteiger partial charge in [-0.3, -0.25) is 23.9 Å². The van der Waals surface area contributed by atoms with Gasteiger partial charge in [0.15, 0.2) is 5.78 Å². The lowest BCUT2D eigenvalue weighted by Crippen LogP contribution is -2.47. The van der Waals surface area contributed by atoms with Crippen molar-refractivity contribution in [1.29, 1.82) is 0 Å². The van der Waals surface area contributed by atoms with Crippen molar-refractivity contribution in [3.63, 3.8) is 0 Å². The van der Waals surface area contributed by atoms with Gasteiger partial charge in [0.05, 0.1) is 31.9 Å². The van der Waals surface area contributed by atoms with Gasteiger partial charge < -0.3 is 30.7 Å². The van der Waals surface area contributed by atoms with E-state index < -0.39 is 6.04 Å². The fraction of sp³-hybridized carbons (Fsp3) is 0.444. The van der Waals surface area contributed by atoms with E-state index >= 15 is 0 Å². The summed E-state index contributed by atoms with van der Waals surface area (Å²) in [7, 11) is 0. The van der Waals surface area contributed by atoms with Crippen molar-refractivity contribution in [2.45, 2.75) is 65.7 Å². The SMILES string of the molecule is CC(=O)c1nn(CC(=O)N2C3C[C@]3(C)C[C@H]2C(=O)Nc2nc(Br)ccc2C)c2c(C)cc(-c3cnc(CNC(=O)COCCOCCN)nc3)cc12. The van der Waals surface area contributed by atoms with E-state index in [1.165, 1.54) is 6.92 Å². The Balaban J connectivity index is 1.16. The number of ether oxygens (including phenoxy) is 2. The zero-order chi connectivity index (χ0) is 37.2. The van der Waals surface area contributed by atoms with Gasteiger partial charge in [0, 0.05) is 42.9 Å². The first-order valence-corrected chi connectivity index (χ1v) is 17.9. The molecule has 2 fully saturated rings. The molecule has 52 heavy (non-hydrogen) atoms. The molecule has 1 aromatic carbocycles. The number of hydrogen-bond donors (Lipinski definition) is 3. The number of carbonyl (C=O) groups is 4. The summed E-state index contributed by atoms with van der Waals surface area (Å²) in [6, 6.07) is 6.73.